The minimum absolute atomic E-state index is 0.102. The van der Waals surface area contributed by atoms with Crippen molar-refractivity contribution in [3.63, 3.8) is 0 Å². The normalized spacial score (nSPS) is 24.9. The van der Waals surface area contributed by atoms with E-state index >= 15 is 0 Å². The van der Waals surface area contributed by atoms with E-state index in [9.17, 15) is 4.39 Å². The summed E-state index contributed by atoms with van der Waals surface area (Å²) in [5, 5.41) is 1.58. The van der Waals surface area contributed by atoms with Crippen LogP contribution in [0.2, 0.25) is 0 Å². The van der Waals surface area contributed by atoms with Crippen LogP contribution in [-0.2, 0) is 0 Å². The van der Waals surface area contributed by atoms with Crippen LogP contribution < -0.4 is 11.3 Å². The minimum Gasteiger partial charge on any atom is -0.456 e. The summed E-state index contributed by atoms with van der Waals surface area (Å²) in [5.41, 5.74) is 3.16. The number of halogens is 1. The predicted octanol–water partition coefficient (Wildman–Crippen LogP) is 3.31. The third-order valence-corrected chi connectivity index (χ3v) is 6.76. The van der Waals surface area contributed by atoms with Crippen molar-refractivity contribution in [3.8, 4) is 0 Å². The molecule has 20 heavy (non-hydrogen) atoms. The van der Waals surface area contributed by atoms with Gasteiger partial charge in [0.25, 0.3) is 0 Å². The molecule has 3 rings (SSSR count). The Hall–Kier alpha value is -0.690. The predicted molar refractivity (Wildman–Crippen MR) is 84.4 cm³/mol. The van der Waals surface area contributed by atoms with E-state index in [1.165, 1.54) is 6.07 Å². The topological polar surface area (TPSA) is 51.2 Å². The van der Waals surface area contributed by atoms with Gasteiger partial charge < -0.3 is 4.42 Å². The highest BCUT2D eigenvalue weighted by Gasteiger charge is 2.33. The smallest absolute Gasteiger partial charge is 0.169 e. The molecule has 1 aromatic carbocycles. The molecule has 0 aliphatic carbocycles. The maximum Gasteiger partial charge on any atom is 0.169 e. The second-order valence-electron chi connectivity index (χ2n) is 4.86. The first kappa shape index (κ1) is 14.3. The van der Waals surface area contributed by atoms with Crippen molar-refractivity contribution in [2.45, 2.75) is 23.5 Å². The number of nitrogens with two attached hydrogens (primary N) is 1. The monoisotopic (exact) mass is 312 g/mol. The molecule has 0 bridgehead atoms. The summed E-state index contributed by atoms with van der Waals surface area (Å²) in [5.74, 6) is 8.37. The molecule has 1 aliphatic heterocycles. The zero-order valence-electron chi connectivity index (χ0n) is 11.1. The molecule has 0 saturated carbocycles. The van der Waals surface area contributed by atoms with Gasteiger partial charge in [0.1, 0.15) is 5.76 Å². The van der Waals surface area contributed by atoms with E-state index < -0.39 is 0 Å². The molecule has 3 unspecified atom stereocenters. The van der Waals surface area contributed by atoms with Gasteiger partial charge in [0.05, 0.1) is 6.04 Å². The van der Waals surface area contributed by atoms with Gasteiger partial charge in [-0.2, -0.15) is 23.5 Å². The lowest BCUT2D eigenvalue weighted by Crippen LogP contribution is -2.40. The van der Waals surface area contributed by atoms with Gasteiger partial charge in [0, 0.05) is 27.4 Å². The third kappa shape index (κ3) is 2.57. The Morgan fingerprint density at radius 2 is 2.20 bits per heavy atom. The Kier molecular flexibility index (Phi) is 4.26. The van der Waals surface area contributed by atoms with Crippen molar-refractivity contribution in [3.05, 3.63) is 35.8 Å². The first-order valence-electron chi connectivity index (χ1n) is 6.58. The number of hydrogen-bond acceptors (Lipinski definition) is 5. The lowest BCUT2D eigenvalue weighted by molar-refractivity contribution is 0.418. The van der Waals surface area contributed by atoms with Crippen molar-refractivity contribution < 1.29 is 8.81 Å². The molecule has 1 aromatic heterocycles. The Labute approximate surface area is 125 Å². The van der Waals surface area contributed by atoms with Gasteiger partial charge in [-0.3, -0.25) is 5.84 Å². The molecule has 3 N–H and O–H groups in total. The zero-order valence-corrected chi connectivity index (χ0v) is 12.8. The van der Waals surface area contributed by atoms with Crippen LogP contribution >= 0.6 is 23.5 Å². The highest BCUT2D eigenvalue weighted by molar-refractivity contribution is 8.07. The molecule has 1 aliphatic rings. The van der Waals surface area contributed by atoms with Crippen LogP contribution in [0.25, 0.3) is 11.0 Å². The number of rotatable bonds is 3. The molecular formula is C14H17FN2OS2. The first-order valence-corrected chi connectivity index (χ1v) is 8.67. The summed E-state index contributed by atoms with van der Waals surface area (Å²) in [6.07, 6.45) is 0. The fraction of sp³-hybridized carbons (Fsp3) is 0.429. The van der Waals surface area contributed by atoms with Gasteiger partial charge in [0.15, 0.2) is 11.4 Å². The number of hydrazine groups is 1. The molecule has 1 saturated heterocycles. The number of furan rings is 1. The maximum absolute atomic E-state index is 13.7. The number of fused-ring (bicyclic) bond motifs is 1. The van der Waals surface area contributed by atoms with Crippen LogP contribution in [0.5, 0.6) is 0 Å². The Morgan fingerprint density at radius 3 is 2.90 bits per heavy atom. The second-order valence-corrected chi connectivity index (χ2v) is 7.63. The lowest BCUT2D eigenvalue weighted by atomic mass is 10.1. The van der Waals surface area contributed by atoms with E-state index in [2.05, 4.69) is 12.3 Å². The highest BCUT2D eigenvalue weighted by Crippen LogP contribution is 2.39. The molecule has 3 nitrogen and oxygen atoms in total. The fourth-order valence-electron chi connectivity index (χ4n) is 2.56. The number of nitrogens with one attached hydrogen (secondary N) is 1. The van der Waals surface area contributed by atoms with Crippen LogP contribution in [0, 0.1) is 5.82 Å². The van der Waals surface area contributed by atoms with Gasteiger partial charge in [-0.25, -0.2) is 9.82 Å². The molecule has 3 atom stereocenters. The fourth-order valence-corrected chi connectivity index (χ4v) is 5.46. The summed E-state index contributed by atoms with van der Waals surface area (Å²) in [4.78, 5) is 0. The molecular weight excluding hydrogens is 295 g/mol. The van der Waals surface area contributed by atoms with E-state index in [0.29, 0.717) is 21.8 Å². The van der Waals surface area contributed by atoms with Crippen molar-refractivity contribution >= 4 is 34.5 Å². The number of hydrogen-bond donors (Lipinski definition) is 2. The number of thioether (sulfide) groups is 2. The van der Waals surface area contributed by atoms with Crippen LogP contribution in [0.3, 0.4) is 0 Å². The minimum atomic E-state index is -0.330. The average Bonchev–Trinajstić information content (AvgIpc) is 2.87. The largest absolute Gasteiger partial charge is 0.456 e. The Balaban J connectivity index is 1.96. The van der Waals surface area contributed by atoms with Crippen molar-refractivity contribution in [1.82, 2.24) is 5.43 Å². The van der Waals surface area contributed by atoms with E-state index in [4.69, 9.17) is 10.3 Å². The summed E-state index contributed by atoms with van der Waals surface area (Å²) >= 11 is 3.84. The van der Waals surface area contributed by atoms with Gasteiger partial charge >= 0.3 is 0 Å². The highest BCUT2D eigenvalue weighted by atomic mass is 32.2. The van der Waals surface area contributed by atoms with E-state index in [-0.39, 0.29) is 11.9 Å². The molecule has 1 fully saturated rings. The molecule has 0 amide bonds. The van der Waals surface area contributed by atoms with Crippen LogP contribution in [-0.4, -0.2) is 22.0 Å². The van der Waals surface area contributed by atoms with E-state index in [1.807, 2.05) is 35.7 Å². The second kappa shape index (κ2) is 5.97. The molecule has 2 aromatic rings. The molecule has 2 heterocycles. The van der Waals surface area contributed by atoms with Gasteiger partial charge in [0.2, 0.25) is 0 Å². The van der Waals surface area contributed by atoms with Crippen LogP contribution in [0.1, 0.15) is 18.7 Å². The standard InChI is InChI=1S/C14H17FN2OS2/c1-8-14(20-6-5-19-8)12(17-16)11-7-9-3-2-4-10(15)13(9)18-11/h2-4,7-8,12,14,17H,5-6,16H2,1H3. The molecule has 6 heteroatoms. The van der Waals surface area contributed by atoms with Gasteiger partial charge in [-0.15, -0.1) is 0 Å². The molecule has 0 radical (unpaired) electrons. The lowest BCUT2D eigenvalue weighted by Gasteiger charge is -2.32. The van der Waals surface area contributed by atoms with E-state index in [0.717, 1.165) is 16.9 Å². The Bertz CT molecular complexity index is 604. The van der Waals surface area contributed by atoms with Crippen molar-refractivity contribution in [2.75, 3.05) is 11.5 Å². The number of benzene rings is 1. The summed E-state index contributed by atoms with van der Waals surface area (Å²) < 4.78 is 19.4. The maximum atomic E-state index is 13.7. The van der Waals surface area contributed by atoms with Crippen molar-refractivity contribution in [2.24, 2.45) is 5.84 Å². The van der Waals surface area contributed by atoms with Gasteiger partial charge in [-0.05, 0) is 12.1 Å². The summed E-state index contributed by atoms with van der Waals surface area (Å²) in [6, 6.07) is 6.74. The number of para-hydroxylation sites is 1. The van der Waals surface area contributed by atoms with Crippen molar-refractivity contribution in [1.29, 1.82) is 0 Å². The van der Waals surface area contributed by atoms with Crippen LogP contribution in [0.4, 0.5) is 4.39 Å². The average molecular weight is 312 g/mol. The summed E-state index contributed by atoms with van der Waals surface area (Å²) in [6.45, 7) is 2.20. The van der Waals surface area contributed by atoms with Crippen LogP contribution in [0.15, 0.2) is 28.7 Å². The Morgan fingerprint density at radius 1 is 1.40 bits per heavy atom. The quantitative estimate of drug-likeness (QED) is 0.672. The van der Waals surface area contributed by atoms with Gasteiger partial charge in [-0.1, -0.05) is 19.1 Å². The van der Waals surface area contributed by atoms with E-state index in [1.54, 1.807) is 6.07 Å². The summed E-state index contributed by atoms with van der Waals surface area (Å²) in [7, 11) is 0. The molecule has 0 spiro atoms. The SMILES string of the molecule is CC1SCCSC1C(NN)c1cc2cccc(F)c2o1. The zero-order chi connectivity index (χ0) is 14.1. The molecule has 108 valence electrons. The first-order chi connectivity index (χ1) is 9.70. The third-order valence-electron chi connectivity index (χ3n) is 3.57.